The lowest BCUT2D eigenvalue weighted by atomic mass is 9.88. The molecule has 1 heterocycles. The Morgan fingerprint density at radius 2 is 2.25 bits per heavy atom. The quantitative estimate of drug-likeness (QED) is 0.572. The van der Waals surface area contributed by atoms with Crippen molar-refractivity contribution in [2.75, 3.05) is 26.1 Å². The predicted molar refractivity (Wildman–Crippen MR) is 85.4 cm³/mol. The van der Waals surface area contributed by atoms with Crippen LogP contribution in [0.2, 0.25) is 0 Å². The topological polar surface area (TPSA) is 47.9 Å². The van der Waals surface area contributed by atoms with Crippen LogP contribution in [0.5, 0.6) is 5.75 Å². The fraction of sp³-hybridized carbons (Fsp3) is 0.429. The van der Waals surface area contributed by atoms with Crippen molar-refractivity contribution in [2.24, 2.45) is 10.9 Å². The Morgan fingerprint density at radius 1 is 1.50 bits per heavy atom. The molecule has 20 heavy (non-hydrogen) atoms. The SMILES string of the molecule is COC(=O)C1(Br)C(c2cccc(OC)c2)=NCC1CBr. The van der Waals surface area contributed by atoms with E-state index < -0.39 is 4.32 Å². The predicted octanol–water partition coefficient (Wildman–Crippen LogP) is 2.82. The van der Waals surface area contributed by atoms with Crippen LogP contribution in [0.1, 0.15) is 5.56 Å². The van der Waals surface area contributed by atoms with Crippen LogP contribution in [0.3, 0.4) is 0 Å². The summed E-state index contributed by atoms with van der Waals surface area (Å²) >= 11 is 7.01. The van der Waals surface area contributed by atoms with E-state index in [-0.39, 0.29) is 11.9 Å². The lowest BCUT2D eigenvalue weighted by Crippen LogP contribution is -2.46. The van der Waals surface area contributed by atoms with Gasteiger partial charge < -0.3 is 9.47 Å². The molecule has 0 aliphatic carbocycles. The summed E-state index contributed by atoms with van der Waals surface area (Å²) in [4.78, 5) is 16.8. The molecular formula is C14H15Br2NO3. The summed E-state index contributed by atoms with van der Waals surface area (Å²) in [5, 5.41) is 0.657. The minimum absolute atomic E-state index is 0.0103. The molecule has 1 aromatic rings. The number of rotatable bonds is 4. The average Bonchev–Trinajstić information content (AvgIpc) is 2.84. The molecule has 1 aliphatic rings. The first-order valence-electron chi connectivity index (χ1n) is 6.10. The van der Waals surface area contributed by atoms with Crippen molar-refractivity contribution in [2.45, 2.75) is 4.32 Å². The highest BCUT2D eigenvalue weighted by Gasteiger charge is 2.52. The molecule has 2 atom stereocenters. The maximum atomic E-state index is 12.2. The molecule has 2 rings (SSSR count). The number of benzene rings is 1. The summed E-state index contributed by atoms with van der Waals surface area (Å²) in [7, 11) is 3.00. The Labute approximate surface area is 134 Å². The van der Waals surface area contributed by atoms with Gasteiger partial charge in [-0.05, 0) is 12.1 Å². The molecular weight excluding hydrogens is 390 g/mol. The highest BCUT2D eigenvalue weighted by molar-refractivity contribution is 9.10. The fourth-order valence-corrected chi connectivity index (χ4v) is 4.22. The van der Waals surface area contributed by atoms with Gasteiger partial charge in [0.1, 0.15) is 5.75 Å². The highest BCUT2D eigenvalue weighted by Crippen LogP contribution is 2.40. The van der Waals surface area contributed by atoms with E-state index in [2.05, 4.69) is 36.9 Å². The van der Waals surface area contributed by atoms with Gasteiger partial charge in [0, 0.05) is 23.4 Å². The van der Waals surface area contributed by atoms with Gasteiger partial charge in [0.05, 0.1) is 19.9 Å². The van der Waals surface area contributed by atoms with Crippen LogP contribution in [-0.4, -0.2) is 42.1 Å². The van der Waals surface area contributed by atoms with Gasteiger partial charge in [-0.25, -0.2) is 0 Å². The molecule has 0 radical (unpaired) electrons. The van der Waals surface area contributed by atoms with Gasteiger partial charge in [0.2, 0.25) is 0 Å². The molecule has 0 bridgehead atoms. The zero-order chi connectivity index (χ0) is 14.8. The van der Waals surface area contributed by atoms with Crippen LogP contribution < -0.4 is 4.74 Å². The molecule has 0 saturated heterocycles. The Bertz CT molecular complexity index is 547. The molecule has 0 aromatic heterocycles. The summed E-state index contributed by atoms with van der Waals surface area (Å²) in [6.45, 7) is 0.568. The first-order chi connectivity index (χ1) is 9.57. The Kier molecular flexibility index (Phi) is 4.86. The molecule has 0 N–H and O–H groups in total. The Hall–Kier alpha value is -0.880. The largest absolute Gasteiger partial charge is 0.497 e. The average molecular weight is 405 g/mol. The number of aliphatic imine (C=N–C) groups is 1. The smallest absolute Gasteiger partial charge is 0.329 e. The second-order valence-electron chi connectivity index (χ2n) is 4.48. The van der Waals surface area contributed by atoms with Crippen molar-refractivity contribution in [3.8, 4) is 5.75 Å². The third-order valence-corrected chi connectivity index (χ3v) is 5.52. The van der Waals surface area contributed by atoms with Gasteiger partial charge >= 0.3 is 5.97 Å². The third-order valence-electron chi connectivity index (χ3n) is 3.39. The summed E-state index contributed by atoms with van der Waals surface area (Å²) in [5.41, 5.74) is 1.54. The first-order valence-corrected chi connectivity index (χ1v) is 8.02. The second kappa shape index (κ2) is 6.26. The van der Waals surface area contributed by atoms with Crippen LogP contribution in [0.25, 0.3) is 0 Å². The van der Waals surface area contributed by atoms with Crippen molar-refractivity contribution >= 4 is 43.5 Å². The van der Waals surface area contributed by atoms with E-state index in [9.17, 15) is 4.79 Å². The zero-order valence-corrected chi connectivity index (χ0v) is 14.4. The Morgan fingerprint density at radius 3 is 2.85 bits per heavy atom. The number of alkyl halides is 2. The number of ether oxygens (including phenoxy) is 2. The van der Waals surface area contributed by atoms with E-state index in [0.717, 1.165) is 11.3 Å². The maximum absolute atomic E-state index is 12.2. The minimum atomic E-state index is -0.919. The van der Waals surface area contributed by atoms with Gasteiger partial charge in [0.15, 0.2) is 4.32 Å². The molecule has 1 aromatic carbocycles. The number of hydrogen-bond acceptors (Lipinski definition) is 4. The molecule has 4 nitrogen and oxygen atoms in total. The van der Waals surface area contributed by atoms with E-state index in [0.29, 0.717) is 17.6 Å². The normalized spacial score (nSPS) is 25.2. The lowest BCUT2D eigenvalue weighted by molar-refractivity contribution is -0.142. The first kappa shape index (κ1) is 15.5. The van der Waals surface area contributed by atoms with E-state index in [4.69, 9.17) is 9.47 Å². The van der Waals surface area contributed by atoms with Gasteiger partial charge in [-0.15, -0.1) is 0 Å². The molecule has 6 heteroatoms. The summed E-state index contributed by atoms with van der Waals surface area (Å²) < 4.78 is 9.27. The number of halogens is 2. The van der Waals surface area contributed by atoms with Crippen LogP contribution in [0.4, 0.5) is 0 Å². The number of nitrogens with zero attached hydrogens (tertiary/aromatic N) is 1. The monoisotopic (exact) mass is 403 g/mol. The van der Waals surface area contributed by atoms with Gasteiger partial charge in [-0.3, -0.25) is 9.79 Å². The van der Waals surface area contributed by atoms with E-state index >= 15 is 0 Å². The van der Waals surface area contributed by atoms with Crippen molar-refractivity contribution in [3.63, 3.8) is 0 Å². The number of hydrogen-bond donors (Lipinski definition) is 0. The molecule has 0 fully saturated rings. The van der Waals surface area contributed by atoms with E-state index in [1.165, 1.54) is 7.11 Å². The Balaban J connectivity index is 2.46. The molecule has 0 saturated carbocycles. The molecule has 2 unspecified atom stereocenters. The summed E-state index contributed by atoms with van der Waals surface area (Å²) in [6.07, 6.45) is 0. The van der Waals surface area contributed by atoms with Crippen molar-refractivity contribution in [1.82, 2.24) is 0 Å². The van der Waals surface area contributed by atoms with Crippen LogP contribution in [0.15, 0.2) is 29.3 Å². The van der Waals surface area contributed by atoms with Gasteiger partial charge in [-0.2, -0.15) is 0 Å². The van der Waals surface area contributed by atoms with Crippen molar-refractivity contribution < 1.29 is 14.3 Å². The summed E-state index contributed by atoms with van der Waals surface area (Å²) in [6, 6.07) is 7.52. The van der Waals surface area contributed by atoms with Crippen LogP contribution >= 0.6 is 31.9 Å². The standard InChI is InChI=1S/C14H15Br2NO3/c1-19-11-5-3-4-9(6-11)12-14(16,13(18)20-2)10(7-15)8-17-12/h3-6,10H,7-8H2,1-2H3. The maximum Gasteiger partial charge on any atom is 0.329 e. The molecule has 0 spiro atoms. The van der Waals surface area contributed by atoms with Gasteiger partial charge in [-0.1, -0.05) is 44.0 Å². The van der Waals surface area contributed by atoms with Crippen molar-refractivity contribution in [3.05, 3.63) is 29.8 Å². The van der Waals surface area contributed by atoms with E-state index in [1.807, 2.05) is 24.3 Å². The van der Waals surface area contributed by atoms with Gasteiger partial charge in [0.25, 0.3) is 0 Å². The van der Waals surface area contributed by atoms with Crippen LogP contribution in [0, 0.1) is 5.92 Å². The number of carbonyl (C=O) groups excluding carboxylic acids is 1. The molecule has 108 valence electrons. The number of esters is 1. The lowest BCUT2D eigenvalue weighted by Gasteiger charge is -2.27. The zero-order valence-electron chi connectivity index (χ0n) is 11.2. The highest BCUT2D eigenvalue weighted by atomic mass is 79.9. The molecule has 1 aliphatic heterocycles. The second-order valence-corrected chi connectivity index (χ2v) is 6.37. The van der Waals surface area contributed by atoms with E-state index in [1.54, 1.807) is 7.11 Å². The molecule has 0 amide bonds. The fourth-order valence-electron chi connectivity index (χ4n) is 2.27. The van der Waals surface area contributed by atoms with Crippen molar-refractivity contribution in [1.29, 1.82) is 0 Å². The number of methoxy groups -OCH3 is 2. The number of carbonyl (C=O) groups is 1. The summed E-state index contributed by atoms with van der Waals surface area (Å²) in [5.74, 6) is 0.407. The third kappa shape index (κ3) is 2.51. The van der Waals surface area contributed by atoms with Crippen LogP contribution in [-0.2, 0) is 9.53 Å². The minimum Gasteiger partial charge on any atom is -0.497 e.